The smallest absolute Gasteiger partial charge is 0.272 e. The largest absolute Gasteiger partial charge is 0.471 e. The first-order valence-electron chi connectivity index (χ1n) is 9.04. The minimum Gasteiger partial charge on any atom is -0.471 e. The van der Waals surface area contributed by atoms with E-state index >= 15 is 0 Å². The molecule has 7 nitrogen and oxygen atoms in total. The minimum atomic E-state index is -2.55. The second kappa shape index (κ2) is 7.87. The molecule has 0 aliphatic carbocycles. The lowest BCUT2D eigenvalue weighted by Gasteiger charge is -2.36. The third-order valence-electron chi connectivity index (χ3n) is 4.64. The van der Waals surface area contributed by atoms with Gasteiger partial charge in [0.2, 0.25) is 5.88 Å². The lowest BCUT2D eigenvalue weighted by molar-refractivity contribution is 0.0804. The molecule has 1 aliphatic heterocycles. The van der Waals surface area contributed by atoms with E-state index in [0.29, 0.717) is 10.9 Å². The van der Waals surface area contributed by atoms with Crippen molar-refractivity contribution >= 4 is 22.4 Å². The number of piperazine rings is 1. The molecule has 0 spiro atoms. The standard InChI is InChI=1S/C19H20F2N6O/c1-13-9-22-10-18(25-13)27-6-4-26(5-7-27)14-2-3-16-15(8-14)19(24-12-23-16)28-11-17(20)21/h2-3,8-10,12,17H,4-7,11H2,1H3. The van der Waals surface area contributed by atoms with Gasteiger partial charge in [0, 0.05) is 38.1 Å². The summed E-state index contributed by atoms with van der Waals surface area (Å²) in [4.78, 5) is 21.4. The Morgan fingerprint density at radius 3 is 2.61 bits per heavy atom. The van der Waals surface area contributed by atoms with Crippen molar-refractivity contribution < 1.29 is 13.5 Å². The van der Waals surface area contributed by atoms with E-state index in [1.807, 2.05) is 25.1 Å². The van der Waals surface area contributed by atoms with Gasteiger partial charge in [-0.15, -0.1) is 0 Å². The number of alkyl halides is 2. The van der Waals surface area contributed by atoms with Crippen molar-refractivity contribution in [3.05, 3.63) is 42.6 Å². The van der Waals surface area contributed by atoms with Gasteiger partial charge < -0.3 is 14.5 Å². The monoisotopic (exact) mass is 386 g/mol. The summed E-state index contributed by atoms with van der Waals surface area (Å²) >= 11 is 0. The van der Waals surface area contributed by atoms with Gasteiger partial charge in [-0.05, 0) is 25.1 Å². The average Bonchev–Trinajstić information content (AvgIpc) is 2.72. The van der Waals surface area contributed by atoms with Gasteiger partial charge in [-0.1, -0.05) is 0 Å². The van der Waals surface area contributed by atoms with E-state index < -0.39 is 13.0 Å². The normalized spacial score (nSPS) is 14.7. The van der Waals surface area contributed by atoms with E-state index in [0.717, 1.165) is 43.4 Å². The molecule has 1 fully saturated rings. The molecule has 9 heteroatoms. The number of hydrogen-bond acceptors (Lipinski definition) is 7. The summed E-state index contributed by atoms with van der Waals surface area (Å²) in [6, 6.07) is 5.74. The number of aromatic nitrogens is 4. The number of anilines is 2. The molecule has 1 aliphatic rings. The van der Waals surface area contributed by atoms with Crippen LogP contribution in [0, 0.1) is 6.92 Å². The number of benzene rings is 1. The molecular weight excluding hydrogens is 366 g/mol. The van der Waals surface area contributed by atoms with E-state index in [4.69, 9.17) is 4.74 Å². The molecule has 0 bridgehead atoms. The molecule has 28 heavy (non-hydrogen) atoms. The maximum atomic E-state index is 12.5. The summed E-state index contributed by atoms with van der Waals surface area (Å²) in [5.41, 5.74) is 2.54. The predicted octanol–water partition coefficient (Wildman–Crippen LogP) is 2.70. The zero-order valence-corrected chi connectivity index (χ0v) is 15.4. The van der Waals surface area contributed by atoms with Crippen LogP contribution in [0.4, 0.5) is 20.3 Å². The Labute approximate surface area is 161 Å². The van der Waals surface area contributed by atoms with Crippen LogP contribution in [0.1, 0.15) is 5.69 Å². The fraction of sp³-hybridized carbons (Fsp3) is 0.368. The van der Waals surface area contributed by atoms with Crippen LogP contribution in [0.25, 0.3) is 10.9 Å². The van der Waals surface area contributed by atoms with E-state index in [1.54, 1.807) is 12.4 Å². The van der Waals surface area contributed by atoms with E-state index in [9.17, 15) is 8.78 Å². The number of aryl methyl sites for hydroxylation is 1. The third-order valence-corrected chi connectivity index (χ3v) is 4.64. The van der Waals surface area contributed by atoms with Crippen LogP contribution < -0.4 is 14.5 Å². The van der Waals surface area contributed by atoms with E-state index in [1.165, 1.54) is 6.33 Å². The fourth-order valence-corrected chi connectivity index (χ4v) is 3.27. The average molecular weight is 386 g/mol. The molecule has 0 radical (unpaired) electrons. The number of rotatable bonds is 5. The SMILES string of the molecule is Cc1cncc(N2CCN(c3ccc4ncnc(OCC(F)F)c4c3)CC2)n1. The summed E-state index contributed by atoms with van der Waals surface area (Å²) in [6.07, 6.45) is 2.29. The van der Waals surface area contributed by atoms with E-state index in [-0.39, 0.29) is 5.88 Å². The predicted molar refractivity (Wildman–Crippen MR) is 102 cm³/mol. The Hall–Kier alpha value is -3.10. The maximum Gasteiger partial charge on any atom is 0.272 e. The molecule has 2 aromatic heterocycles. The zero-order valence-electron chi connectivity index (χ0n) is 15.4. The lowest BCUT2D eigenvalue weighted by atomic mass is 10.2. The van der Waals surface area contributed by atoms with Gasteiger partial charge in [0.25, 0.3) is 6.43 Å². The quantitative estimate of drug-likeness (QED) is 0.668. The summed E-state index contributed by atoms with van der Waals surface area (Å²) in [6.45, 7) is 4.49. The Kier molecular flexibility index (Phi) is 5.14. The molecule has 0 saturated carbocycles. The van der Waals surface area contributed by atoms with Gasteiger partial charge in [-0.2, -0.15) is 0 Å². The first kappa shape index (κ1) is 18.3. The van der Waals surface area contributed by atoms with Crippen molar-refractivity contribution in [1.82, 2.24) is 19.9 Å². The molecule has 0 amide bonds. The second-order valence-corrected chi connectivity index (χ2v) is 6.58. The molecule has 0 N–H and O–H groups in total. The molecule has 146 valence electrons. The number of halogens is 2. The molecule has 3 aromatic rings. The summed E-state index contributed by atoms with van der Waals surface area (Å²) in [7, 11) is 0. The van der Waals surface area contributed by atoms with Crippen LogP contribution in [-0.2, 0) is 0 Å². The van der Waals surface area contributed by atoms with Crippen LogP contribution in [0.3, 0.4) is 0 Å². The Morgan fingerprint density at radius 1 is 1.07 bits per heavy atom. The van der Waals surface area contributed by atoms with Crippen molar-refractivity contribution in [3.63, 3.8) is 0 Å². The highest BCUT2D eigenvalue weighted by Gasteiger charge is 2.19. The van der Waals surface area contributed by atoms with Crippen molar-refractivity contribution in [2.24, 2.45) is 0 Å². The molecule has 3 heterocycles. The first-order valence-corrected chi connectivity index (χ1v) is 9.04. The molecule has 4 rings (SSSR count). The molecule has 0 atom stereocenters. The Balaban J connectivity index is 1.51. The van der Waals surface area contributed by atoms with Crippen LogP contribution in [0.5, 0.6) is 5.88 Å². The van der Waals surface area contributed by atoms with Crippen molar-refractivity contribution in [2.75, 3.05) is 42.6 Å². The van der Waals surface area contributed by atoms with Crippen molar-refractivity contribution in [1.29, 1.82) is 0 Å². The topological polar surface area (TPSA) is 67.3 Å². The third kappa shape index (κ3) is 3.92. The second-order valence-electron chi connectivity index (χ2n) is 6.58. The van der Waals surface area contributed by atoms with Gasteiger partial charge >= 0.3 is 0 Å². The number of hydrogen-bond donors (Lipinski definition) is 0. The molecule has 1 saturated heterocycles. The van der Waals surface area contributed by atoms with Gasteiger partial charge in [-0.3, -0.25) is 4.98 Å². The minimum absolute atomic E-state index is 0.181. The fourth-order valence-electron chi connectivity index (χ4n) is 3.27. The molecule has 0 unspecified atom stereocenters. The summed E-state index contributed by atoms with van der Waals surface area (Å²) < 4.78 is 30.2. The van der Waals surface area contributed by atoms with Gasteiger partial charge in [0.15, 0.2) is 6.61 Å². The zero-order chi connectivity index (χ0) is 19.5. The van der Waals surface area contributed by atoms with Gasteiger partial charge in [-0.25, -0.2) is 23.7 Å². The van der Waals surface area contributed by atoms with E-state index in [2.05, 4.69) is 29.7 Å². The van der Waals surface area contributed by atoms with Crippen LogP contribution >= 0.6 is 0 Å². The highest BCUT2D eigenvalue weighted by atomic mass is 19.3. The molecule has 1 aromatic carbocycles. The highest BCUT2D eigenvalue weighted by Crippen LogP contribution is 2.28. The highest BCUT2D eigenvalue weighted by molar-refractivity contribution is 5.86. The number of nitrogens with zero attached hydrogens (tertiary/aromatic N) is 6. The van der Waals surface area contributed by atoms with Crippen LogP contribution in [0.2, 0.25) is 0 Å². The summed E-state index contributed by atoms with van der Waals surface area (Å²) in [5.74, 6) is 1.06. The summed E-state index contributed by atoms with van der Waals surface area (Å²) in [5, 5.41) is 0.632. The van der Waals surface area contributed by atoms with Crippen LogP contribution in [0.15, 0.2) is 36.9 Å². The Bertz CT molecular complexity index is 962. The Morgan fingerprint density at radius 2 is 1.86 bits per heavy atom. The molecular formula is C19H20F2N6O. The van der Waals surface area contributed by atoms with Crippen molar-refractivity contribution in [2.45, 2.75) is 13.3 Å². The number of fused-ring (bicyclic) bond motifs is 1. The van der Waals surface area contributed by atoms with Crippen LogP contribution in [-0.4, -0.2) is 59.1 Å². The lowest BCUT2D eigenvalue weighted by Crippen LogP contribution is -2.46. The van der Waals surface area contributed by atoms with Gasteiger partial charge in [0.1, 0.15) is 12.1 Å². The first-order chi connectivity index (χ1) is 13.6. The van der Waals surface area contributed by atoms with Gasteiger partial charge in [0.05, 0.1) is 22.8 Å². The number of ether oxygens (including phenoxy) is 1. The van der Waals surface area contributed by atoms with Crippen molar-refractivity contribution in [3.8, 4) is 5.88 Å². The maximum absolute atomic E-state index is 12.5.